The van der Waals surface area contributed by atoms with Gasteiger partial charge in [-0.2, -0.15) is 5.26 Å². The van der Waals surface area contributed by atoms with E-state index < -0.39 is 5.92 Å². The third-order valence-electron chi connectivity index (χ3n) is 6.71. The summed E-state index contributed by atoms with van der Waals surface area (Å²) >= 11 is 0. The van der Waals surface area contributed by atoms with Crippen LogP contribution in [0.1, 0.15) is 31.9 Å². The quantitative estimate of drug-likeness (QED) is 0.268. The third kappa shape index (κ3) is 7.13. The molecule has 2 aliphatic heterocycles. The Morgan fingerprint density at radius 2 is 1.95 bits per heavy atom. The van der Waals surface area contributed by atoms with E-state index in [4.69, 9.17) is 9.15 Å². The van der Waals surface area contributed by atoms with Gasteiger partial charge in [-0.05, 0) is 51.0 Å². The molecule has 0 bridgehead atoms. The van der Waals surface area contributed by atoms with Gasteiger partial charge in [0.25, 0.3) is 0 Å². The molecule has 1 aromatic heterocycles. The van der Waals surface area contributed by atoms with Crippen LogP contribution in [0.2, 0.25) is 0 Å². The molecule has 206 valence electrons. The van der Waals surface area contributed by atoms with Crippen LogP contribution < -0.4 is 5.32 Å². The van der Waals surface area contributed by atoms with Crippen molar-refractivity contribution in [1.29, 1.82) is 5.26 Å². The molecule has 0 spiro atoms. The first-order chi connectivity index (χ1) is 18.9. The molecule has 1 unspecified atom stereocenters. The summed E-state index contributed by atoms with van der Waals surface area (Å²) in [7, 11) is 0. The van der Waals surface area contributed by atoms with E-state index in [9.17, 15) is 19.6 Å². The number of aliphatic imine (C=N–C) groups is 2. The van der Waals surface area contributed by atoms with Crippen LogP contribution in [0.3, 0.4) is 0 Å². The standard InChI is InChI=1S/C27H33N7O5/c1-3-38-27(37)33-12-10-32(11-13-33)24(35)17-34-9-5-4-6-20(25(34)36)16-29-26(30-18-28)31-22-7-8-23-21(15-22)14-19(2)39-23/h7-8,14-16,20H,3-6,9-13,17H2,1-2H3,(H,30,31)/b29-16-. The number of nitrogens with one attached hydrogen (secondary N) is 1. The molecular weight excluding hydrogens is 502 g/mol. The van der Waals surface area contributed by atoms with Gasteiger partial charge >= 0.3 is 6.09 Å². The summed E-state index contributed by atoms with van der Waals surface area (Å²) in [6.07, 6.45) is 5.14. The highest BCUT2D eigenvalue weighted by atomic mass is 16.6. The van der Waals surface area contributed by atoms with E-state index >= 15 is 0 Å². The molecular formula is C27H33N7O5. The van der Waals surface area contributed by atoms with Crippen LogP contribution in [-0.2, 0) is 14.3 Å². The molecule has 2 aromatic rings. The summed E-state index contributed by atoms with van der Waals surface area (Å²) in [5.74, 6) is -0.0145. The maximum atomic E-state index is 13.3. The number of guanidine groups is 1. The molecule has 12 heteroatoms. The molecule has 2 fully saturated rings. The van der Waals surface area contributed by atoms with E-state index in [0.29, 0.717) is 51.4 Å². The highest BCUT2D eigenvalue weighted by Gasteiger charge is 2.30. The molecule has 39 heavy (non-hydrogen) atoms. The molecule has 1 aromatic carbocycles. The number of carbonyl (C=O) groups excluding carboxylic acids is 3. The first kappa shape index (κ1) is 27.6. The lowest BCUT2D eigenvalue weighted by Gasteiger charge is -2.35. The first-order valence-electron chi connectivity index (χ1n) is 13.1. The zero-order valence-corrected chi connectivity index (χ0v) is 22.3. The highest BCUT2D eigenvalue weighted by Crippen LogP contribution is 2.24. The van der Waals surface area contributed by atoms with E-state index in [2.05, 4.69) is 15.3 Å². The molecule has 3 amide bonds. The summed E-state index contributed by atoms with van der Waals surface area (Å²) in [5.41, 5.74) is 1.32. The number of hydrogen-bond acceptors (Lipinski definition) is 7. The minimum atomic E-state index is -0.536. The van der Waals surface area contributed by atoms with Crippen LogP contribution in [-0.4, -0.2) is 90.7 Å². The lowest BCUT2D eigenvalue weighted by Crippen LogP contribution is -2.53. The van der Waals surface area contributed by atoms with Crippen molar-refractivity contribution >= 4 is 46.7 Å². The molecule has 3 heterocycles. The second-order valence-electron chi connectivity index (χ2n) is 9.46. The van der Waals surface area contributed by atoms with Crippen molar-refractivity contribution in [2.24, 2.45) is 15.9 Å². The predicted octanol–water partition coefficient (Wildman–Crippen LogP) is 2.80. The van der Waals surface area contributed by atoms with Crippen LogP contribution in [0.5, 0.6) is 0 Å². The summed E-state index contributed by atoms with van der Waals surface area (Å²) in [6.45, 7) is 5.98. The van der Waals surface area contributed by atoms with Crippen LogP contribution in [0.15, 0.2) is 38.7 Å². The number of benzene rings is 1. The average Bonchev–Trinajstić information content (AvgIpc) is 3.21. The maximum absolute atomic E-state index is 13.3. The summed E-state index contributed by atoms with van der Waals surface area (Å²) in [6, 6.07) is 7.29. The lowest BCUT2D eigenvalue weighted by atomic mass is 10.0. The van der Waals surface area contributed by atoms with Gasteiger partial charge in [-0.3, -0.25) is 14.9 Å². The topological polar surface area (TPSA) is 144 Å². The van der Waals surface area contributed by atoms with Crippen molar-refractivity contribution in [3.63, 3.8) is 0 Å². The number of piperazine rings is 1. The van der Waals surface area contributed by atoms with Gasteiger partial charge in [0.05, 0.1) is 24.8 Å². The minimum absolute atomic E-state index is 0.0237. The smallest absolute Gasteiger partial charge is 0.409 e. The van der Waals surface area contributed by atoms with Crippen LogP contribution in [0.25, 0.3) is 11.0 Å². The van der Waals surface area contributed by atoms with Gasteiger partial charge < -0.3 is 23.9 Å². The third-order valence-corrected chi connectivity index (χ3v) is 6.71. The van der Waals surface area contributed by atoms with E-state index in [-0.39, 0.29) is 30.4 Å². The number of fused-ring (bicyclic) bond motifs is 1. The molecule has 0 saturated carbocycles. The largest absolute Gasteiger partial charge is 0.461 e. The van der Waals surface area contributed by atoms with Crippen molar-refractivity contribution in [2.75, 3.05) is 45.9 Å². The number of likely N-dealkylation sites (tertiary alicyclic amines) is 1. The van der Waals surface area contributed by atoms with Gasteiger partial charge in [-0.1, -0.05) is 6.42 Å². The number of amides is 3. The number of rotatable bonds is 5. The molecule has 12 nitrogen and oxygen atoms in total. The predicted molar refractivity (Wildman–Crippen MR) is 144 cm³/mol. The number of ether oxygens (including phenoxy) is 1. The second-order valence-corrected chi connectivity index (χ2v) is 9.46. The first-order valence-corrected chi connectivity index (χ1v) is 13.1. The zero-order chi connectivity index (χ0) is 27.8. The number of aryl methyl sites for hydroxylation is 1. The Labute approximate surface area is 226 Å². The number of hydrogen-bond donors (Lipinski definition) is 1. The van der Waals surface area contributed by atoms with Crippen LogP contribution >= 0.6 is 0 Å². The molecule has 1 N–H and O–H groups in total. The Morgan fingerprint density at radius 3 is 2.69 bits per heavy atom. The van der Waals surface area contributed by atoms with Crippen molar-refractivity contribution in [1.82, 2.24) is 20.0 Å². The van der Waals surface area contributed by atoms with Gasteiger partial charge in [0, 0.05) is 44.3 Å². The number of furan rings is 1. The molecule has 1 atom stereocenters. The lowest BCUT2D eigenvalue weighted by molar-refractivity contribution is -0.142. The molecule has 0 radical (unpaired) electrons. The number of nitrogens with zero attached hydrogens (tertiary/aromatic N) is 6. The van der Waals surface area contributed by atoms with Crippen LogP contribution in [0, 0.1) is 24.3 Å². The number of nitriles is 1. The van der Waals surface area contributed by atoms with Gasteiger partial charge in [0.15, 0.2) is 6.19 Å². The van der Waals surface area contributed by atoms with Crippen molar-refractivity contribution in [3.05, 3.63) is 30.0 Å². The van der Waals surface area contributed by atoms with Gasteiger partial charge in [-0.15, -0.1) is 0 Å². The van der Waals surface area contributed by atoms with Crippen molar-refractivity contribution < 1.29 is 23.5 Å². The Morgan fingerprint density at radius 1 is 1.18 bits per heavy atom. The number of carbonyl (C=O) groups is 3. The fourth-order valence-corrected chi connectivity index (χ4v) is 4.70. The van der Waals surface area contributed by atoms with Gasteiger partial charge in [0.2, 0.25) is 17.8 Å². The minimum Gasteiger partial charge on any atom is -0.461 e. The van der Waals surface area contributed by atoms with Crippen LogP contribution in [0.4, 0.5) is 10.5 Å². The monoisotopic (exact) mass is 535 g/mol. The second kappa shape index (κ2) is 12.9. The van der Waals surface area contributed by atoms with Crippen molar-refractivity contribution in [3.8, 4) is 6.19 Å². The summed E-state index contributed by atoms with van der Waals surface area (Å²) in [4.78, 5) is 51.8. The molecule has 4 rings (SSSR count). The van der Waals surface area contributed by atoms with Crippen molar-refractivity contribution in [2.45, 2.75) is 33.1 Å². The molecule has 0 aliphatic carbocycles. The average molecular weight is 536 g/mol. The SMILES string of the molecule is CCOC(=O)N1CCN(C(=O)CN2CCCCC(/C=N\C(=Nc3ccc4oc(C)cc4c3)NC#N)C2=O)CC1. The Hall–Kier alpha value is -4.40. The Balaban J connectivity index is 1.39. The maximum Gasteiger partial charge on any atom is 0.409 e. The molecule has 2 aliphatic rings. The zero-order valence-electron chi connectivity index (χ0n) is 22.3. The van der Waals surface area contributed by atoms with Gasteiger partial charge in [0.1, 0.15) is 11.3 Å². The Bertz CT molecular complexity index is 1300. The van der Waals surface area contributed by atoms with E-state index in [1.807, 2.05) is 25.2 Å². The normalized spacial score (nSPS) is 18.8. The summed E-state index contributed by atoms with van der Waals surface area (Å²) in [5, 5.41) is 12.5. The van der Waals surface area contributed by atoms with Gasteiger partial charge in [-0.25, -0.2) is 14.8 Å². The highest BCUT2D eigenvalue weighted by molar-refractivity contribution is 6.00. The summed E-state index contributed by atoms with van der Waals surface area (Å²) < 4.78 is 10.6. The van der Waals surface area contributed by atoms with E-state index in [1.54, 1.807) is 33.8 Å². The van der Waals surface area contributed by atoms with E-state index in [0.717, 1.165) is 29.6 Å². The fourth-order valence-electron chi connectivity index (χ4n) is 4.70. The van der Waals surface area contributed by atoms with E-state index in [1.165, 1.54) is 6.21 Å². The fraction of sp³-hybridized carbons (Fsp3) is 0.481. The molecule has 2 saturated heterocycles. The Kier molecular flexibility index (Phi) is 9.14.